The number of para-hydroxylation sites is 2. The highest BCUT2D eigenvalue weighted by Gasteiger charge is 2.17. The largest absolute Gasteiger partial charge is 0.317 e. The van der Waals surface area contributed by atoms with E-state index in [4.69, 9.17) is 15.0 Å². The lowest BCUT2D eigenvalue weighted by atomic mass is 10.1. The topological polar surface area (TPSA) is 48.5 Å². The Morgan fingerprint density at radius 2 is 0.848 bits per heavy atom. The molecular weight excluding hydrogens is 562 g/mol. The molecule has 0 bridgehead atoms. The molecule has 0 atom stereocenters. The van der Waals surface area contributed by atoms with Crippen molar-refractivity contribution in [3.8, 4) is 45.5 Å². The number of nitrogens with zero attached hydrogens (tertiary/aromatic N) is 5. The number of fused-ring (bicyclic) bond motifs is 5. The van der Waals surface area contributed by atoms with Crippen LogP contribution in [0.1, 0.15) is 0 Å². The highest BCUT2D eigenvalue weighted by atomic mass is 15.0. The van der Waals surface area contributed by atoms with Gasteiger partial charge in [-0.05, 0) is 60.7 Å². The molecular formula is C41H27N5. The SMILES string of the molecule is c1ccc(-c2nc(-c3ccccc3)nc(-c3ccc(-n4ccc5c6c7ccccc7n(-c7ccccc7)c6ccc54)cc3)n2)cc1. The maximum absolute atomic E-state index is 4.90. The molecule has 0 fully saturated rings. The van der Waals surface area contributed by atoms with Gasteiger partial charge in [0.1, 0.15) is 0 Å². The van der Waals surface area contributed by atoms with Crippen molar-refractivity contribution in [3.05, 3.63) is 164 Å². The first-order valence-electron chi connectivity index (χ1n) is 15.4. The zero-order chi connectivity index (χ0) is 30.5. The average molecular weight is 590 g/mol. The normalized spacial score (nSPS) is 11.5. The van der Waals surface area contributed by atoms with Gasteiger partial charge >= 0.3 is 0 Å². The summed E-state index contributed by atoms with van der Waals surface area (Å²) in [5.74, 6) is 1.96. The monoisotopic (exact) mass is 589 g/mol. The second kappa shape index (κ2) is 10.7. The van der Waals surface area contributed by atoms with E-state index in [0.717, 1.165) is 33.6 Å². The summed E-state index contributed by atoms with van der Waals surface area (Å²) in [5.41, 5.74) is 8.65. The molecule has 0 amide bonds. The lowest BCUT2D eigenvalue weighted by molar-refractivity contribution is 1.07. The number of benzene rings is 6. The molecule has 0 aliphatic heterocycles. The van der Waals surface area contributed by atoms with Gasteiger partial charge in [0.05, 0.1) is 16.6 Å². The van der Waals surface area contributed by atoms with E-state index in [1.54, 1.807) is 0 Å². The van der Waals surface area contributed by atoms with Gasteiger partial charge in [0, 0.05) is 50.4 Å². The fourth-order valence-corrected chi connectivity index (χ4v) is 6.47. The van der Waals surface area contributed by atoms with E-state index in [-0.39, 0.29) is 0 Å². The predicted molar refractivity (Wildman–Crippen MR) is 187 cm³/mol. The molecule has 9 aromatic rings. The summed E-state index contributed by atoms with van der Waals surface area (Å²) in [6.45, 7) is 0. The van der Waals surface area contributed by atoms with Crippen LogP contribution in [0.25, 0.3) is 78.2 Å². The molecule has 0 radical (unpaired) electrons. The Labute approximate surface area is 265 Å². The van der Waals surface area contributed by atoms with Crippen LogP contribution in [0.2, 0.25) is 0 Å². The third kappa shape index (κ3) is 4.29. The third-order valence-corrected chi connectivity index (χ3v) is 8.62. The lowest BCUT2D eigenvalue weighted by Gasteiger charge is -2.10. The fraction of sp³-hybridized carbons (Fsp3) is 0. The molecule has 0 aliphatic carbocycles. The maximum atomic E-state index is 4.90. The summed E-state index contributed by atoms with van der Waals surface area (Å²) < 4.78 is 4.61. The minimum absolute atomic E-state index is 0.645. The zero-order valence-corrected chi connectivity index (χ0v) is 24.8. The summed E-state index contributed by atoms with van der Waals surface area (Å²) >= 11 is 0. The molecule has 0 aliphatic rings. The van der Waals surface area contributed by atoms with Crippen molar-refractivity contribution in [2.45, 2.75) is 0 Å². The Hall–Kier alpha value is -6.33. The molecule has 46 heavy (non-hydrogen) atoms. The minimum atomic E-state index is 0.645. The summed E-state index contributed by atoms with van der Waals surface area (Å²) in [6.07, 6.45) is 2.16. The average Bonchev–Trinajstić information content (AvgIpc) is 3.72. The Kier molecular flexibility index (Phi) is 6.06. The van der Waals surface area contributed by atoms with Crippen LogP contribution in [-0.2, 0) is 0 Å². The summed E-state index contributed by atoms with van der Waals surface area (Å²) in [5, 5.41) is 3.74. The fourth-order valence-electron chi connectivity index (χ4n) is 6.47. The Morgan fingerprint density at radius 1 is 0.348 bits per heavy atom. The van der Waals surface area contributed by atoms with Gasteiger partial charge < -0.3 is 9.13 Å². The number of rotatable bonds is 5. The summed E-state index contributed by atoms with van der Waals surface area (Å²) in [6, 6.07) is 54.6. The number of hydrogen-bond donors (Lipinski definition) is 0. The summed E-state index contributed by atoms with van der Waals surface area (Å²) in [7, 11) is 0. The third-order valence-electron chi connectivity index (χ3n) is 8.62. The molecule has 3 heterocycles. The van der Waals surface area contributed by atoms with Crippen molar-refractivity contribution >= 4 is 32.7 Å². The summed E-state index contributed by atoms with van der Waals surface area (Å²) in [4.78, 5) is 14.6. The highest BCUT2D eigenvalue weighted by Crippen LogP contribution is 2.38. The molecule has 0 spiro atoms. The molecule has 5 heteroatoms. The van der Waals surface area contributed by atoms with Crippen LogP contribution >= 0.6 is 0 Å². The van der Waals surface area contributed by atoms with E-state index in [1.807, 2.05) is 60.7 Å². The molecule has 0 saturated heterocycles. The second-order valence-corrected chi connectivity index (χ2v) is 11.4. The van der Waals surface area contributed by atoms with Gasteiger partial charge in [-0.2, -0.15) is 0 Å². The molecule has 5 nitrogen and oxygen atoms in total. The van der Waals surface area contributed by atoms with E-state index in [9.17, 15) is 0 Å². The van der Waals surface area contributed by atoms with Crippen molar-refractivity contribution in [1.29, 1.82) is 0 Å². The van der Waals surface area contributed by atoms with E-state index < -0.39 is 0 Å². The van der Waals surface area contributed by atoms with Gasteiger partial charge in [-0.1, -0.05) is 97.1 Å². The molecule has 6 aromatic carbocycles. The van der Waals surface area contributed by atoms with Gasteiger partial charge in [-0.25, -0.2) is 15.0 Å². The van der Waals surface area contributed by atoms with E-state index in [1.165, 1.54) is 27.2 Å². The van der Waals surface area contributed by atoms with E-state index in [2.05, 4.69) is 112 Å². The molecule has 0 N–H and O–H groups in total. The quantitative estimate of drug-likeness (QED) is 0.201. The van der Waals surface area contributed by atoms with Crippen LogP contribution in [-0.4, -0.2) is 24.1 Å². The van der Waals surface area contributed by atoms with Gasteiger partial charge in [0.25, 0.3) is 0 Å². The van der Waals surface area contributed by atoms with Crippen molar-refractivity contribution in [3.63, 3.8) is 0 Å². The molecule has 0 unspecified atom stereocenters. The number of aromatic nitrogens is 5. The van der Waals surface area contributed by atoms with Crippen LogP contribution in [0.15, 0.2) is 164 Å². The standard InChI is InChI=1S/C41H27N5/c1-4-12-28(13-5-1)39-42-40(29-14-6-2-7-15-29)44-41(43-39)30-20-22-31(23-21-30)45-27-26-34-35(45)24-25-37-38(34)33-18-10-11-19-36(33)46(37)32-16-8-3-9-17-32/h1-27H. The maximum Gasteiger partial charge on any atom is 0.164 e. The van der Waals surface area contributed by atoms with Crippen molar-refractivity contribution in [2.75, 3.05) is 0 Å². The van der Waals surface area contributed by atoms with E-state index in [0.29, 0.717) is 17.5 Å². The Morgan fingerprint density at radius 3 is 1.48 bits per heavy atom. The van der Waals surface area contributed by atoms with Crippen LogP contribution in [0, 0.1) is 0 Å². The number of hydrogen-bond acceptors (Lipinski definition) is 3. The van der Waals surface area contributed by atoms with Crippen molar-refractivity contribution < 1.29 is 0 Å². The van der Waals surface area contributed by atoms with Gasteiger partial charge in [-0.15, -0.1) is 0 Å². The zero-order valence-electron chi connectivity index (χ0n) is 24.8. The molecule has 216 valence electrons. The minimum Gasteiger partial charge on any atom is -0.317 e. The van der Waals surface area contributed by atoms with Crippen LogP contribution < -0.4 is 0 Å². The van der Waals surface area contributed by atoms with Crippen molar-refractivity contribution in [2.24, 2.45) is 0 Å². The highest BCUT2D eigenvalue weighted by molar-refractivity contribution is 6.21. The molecule has 9 rings (SSSR count). The van der Waals surface area contributed by atoms with Gasteiger partial charge in [-0.3, -0.25) is 0 Å². The first kappa shape index (κ1) is 26.1. The second-order valence-electron chi connectivity index (χ2n) is 11.4. The van der Waals surface area contributed by atoms with Crippen LogP contribution in [0.4, 0.5) is 0 Å². The van der Waals surface area contributed by atoms with Crippen LogP contribution in [0.3, 0.4) is 0 Å². The predicted octanol–water partition coefficient (Wildman–Crippen LogP) is 9.91. The first-order chi connectivity index (χ1) is 22.8. The molecule has 0 saturated carbocycles. The molecule has 3 aromatic heterocycles. The first-order valence-corrected chi connectivity index (χ1v) is 15.4. The van der Waals surface area contributed by atoms with Gasteiger partial charge in [0.15, 0.2) is 17.5 Å². The van der Waals surface area contributed by atoms with Crippen molar-refractivity contribution in [1.82, 2.24) is 24.1 Å². The van der Waals surface area contributed by atoms with Gasteiger partial charge in [0.2, 0.25) is 0 Å². The van der Waals surface area contributed by atoms with Crippen LogP contribution in [0.5, 0.6) is 0 Å². The smallest absolute Gasteiger partial charge is 0.164 e. The Bertz CT molecular complexity index is 2440. The lowest BCUT2D eigenvalue weighted by Crippen LogP contribution is -2.00. The Balaban J connectivity index is 1.15. The van der Waals surface area contributed by atoms with E-state index >= 15 is 0 Å².